The number of amides is 3. The molecule has 2 aliphatic heterocycles. The summed E-state index contributed by atoms with van der Waals surface area (Å²) >= 11 is 0. The molecule has 2 atom stereocenters. The Hall–Kier alpha value is -2.97. The fourth-order valence-electron chi connectivity index (χ4n) is 4.17. The number of urea groups is 1. The van der Waals surface area contributed by atoms with Crippen molar-refractivity contribution in [2.24, 2.45) is 0 Å². The van der Waals surface area contributed by atoms with Crippen LogP contribution in [0.5, 0.6) is 0 Å². The average molecular weight is 426 g/mol. The van der Waals surface area contributed by atoms with Crippen LogP contribution in [-0.4, -0.2) is 61.1 Å². The maximum atomic E-state index is 13.1. The number of hydrogen-bond acceptors (Lipinski definition) is 4. The molecule has 0 bridgehead atoms. The predicted octanol–water partition coefficient (Wildman–Crippen LogP) is 3.07. The number of likely N-dealkylation sites (N-methyl/N-ethyl adjacent to an activating group) is 1. The maximum Gasteiger partial charge on any atom is 0.322 e. The zero-order valence-corrected chi connectivity index (χ0v) is 17.7. The standard InChI is InChI=1S/C23H27FN4O3/c1-27-10-9-15-11-19(6-3-16(15)13-27)25-22(29)21-12-20(31-2)14-28(21)23(30)26-18-7-4-17(24)5-8-18/h3-8,11,20-21H,9-10,12-14H2,1-2H3,(H,25,29)(H,26,30)/t20-,21-/m1/s1. The zero-order chi connectivity index (χ0) is 22.0. The number of carbonyl (C=O) groups is 2. The highest BCUT2D eigenvalue weighted by Crippen LogP contribution is 2.25. The van der Waals surface area contributed by atoms with E-state index < -0.39 is 12.1 Å². The number of ether oxygens (including phenoxy) is 1. The Bertz CT molecular complexity index is 966. The number of likely N-dealkylation sites (tertiary alicyclic amines) is 1. The molecule has 2 heterocycles. The van der Waals surface area contributed by atoms with Gasteiger partial charge in [-0.1, -0.05) is 6.07 Å². The quantitative estimate of drug-likeness (QED) is 0.788. The molecular formula is C23H27FN4O3. The lowest BCUT2D eigenvalue weighted by Gasteiger charge is -2.26. The van der Waals surface area contributed by atoms with E-state index in [1.54, 1.807) is 7.11 Å². The van der Waals surface area contributed by atoms with Gasteiger partial charge in [0.25, 0.3) is 0 Å². The lowest BCUT2D eigenvalue weighted by Crippen LogP contribution is -2.45. The number of anilines is 2. The summed E-state index contributed by atoms with van der Waals surface area (Å²) < 4.78 is 18.5. The lowest BCUT2D eigenvalue weighted by atomic mass is 9.99. The van der Waals surface area contributed by atoms with Crippen LogP contribution in [0.1, 0.15) is 17.5 Å². The summed E-state index contributed by atoms with van der Waals surface area (Å²) in [7, 11) is 3.66. The molecule has 164 valence electrons. The number of carbonyl (C=O) groups excluding carboxylic acids is 2. The van der Waals surface area contributed by atoms with Crippen LogP contribution in [-0.2, 0) is 22.5 Å². The van der Waals surface area contributed by atoms with Crippen molar-refractivity contribution in [1.82, 2.24) is 9.80 Å². The van der Waals surface area contributed by atoms with Crippen LogP contribution in [0.15, 0.2) is 42.5 Å². The third-order valence-corrected chi connectivity index (χ3v) is 5.93. The molecule has 0 saturated carbocycles. The highest BCUT2D eigenvalue weighted by molar-refractivity contribution is 5.99. The number of halogens is 1. The molecular weight excluding hydrogens is 399 g/mol. The maximum absolute atomic E-state index is 13.1. The summed E-state index contributed by atoms with van der Waals surface area (Å²) in [5.41, 5.74) is 3.70. The molecule has 0 aromatic heterocycles. The predicted molar refractivity (Wildman–Crippen MR) is 116 cm³/mol. The molecule has 4 rings (SSSR count). The van der Waals surface area contributed by atoms with Crippen LogP contribution in [0.25, 0.3) is 0 Å². The molecule has 31 heavy (non-hydrogen) atoms. The first-order chi connectivity index (χ1) is 14.9. The summed E-state index contributed by atoms with van der Waals surface area (Å²) in [6.45, 7) is 2.19. The fraction of sp³-hybridized carbons (Fsp3) is 0.391. The van der Waals surface area contributed by atoms with E-state index in [-0.39, 0.29) is 17.8 Å². The van der Waals surface area contributed by atoms with Crippen LogP contribution in [0.2, 0.25) is 0 Å². The normalized spacial score (nSPS) is 20.9. The Morgan fingerprint density at radius 2 is 1.81 bits per heavy atom. The minimum atomic E-state index is -0.660. The van der Waals surface area contributed by atoms with Gasteiger partial charge in [-0.05, 0) is 61.0 Å². The summed E-state index contributed by atoms with van der Waals surface area (Å²) in [5, 5.41) is 5.70. The Morgan fingerprint density at radius 1 is 1.06 bits per heavy atom. The number of methoxy groups -OCH3 is 1. The summed E-state index contributed by atoms with van der Waals surface area (Å²) in [6, 6.07) is 10.4. The van der Waals surface area contributed by atoms with Crippen molar-refractivity contribution in [3.63, 3.8) is 0 Å². The number of rotatable bonds is 4. The fourth-order valence-corrected chi connectivity index (χ4v) is 4.17. The molecule has 1 fully saturated rings. The number of hydrogen-bond donors (Lipinski definition) is 2. The lowest BCUT2D eigenvalue weighted by molar-refractivity contribution is -0.119. The van der Waals surface area contributed by atoms with Gasteiger partial charge in [0.05, 0.1) is 6.10 Å². The monoisotopic (exact) mass is 426 g/mol. The molecule has 8 heteroatoms. The van der Waals surface area contributed by atoms with Crippen molar-refractivity contribution in [2.45, 2.75) is 31.5 Å². The molecule has 2 aliphatic rings. The van der Waals surface area contributed by atoms with Crippen molar-refractivity contribution in [2.75, 3.05) is 37.9 Å². The summed E-state index contributed by atoms with van der Waals surface area (Å²) in [4.78, 5) is 29.6. The molecule has 3 amide bonds. The minimum absolute atomic E-state index is 0.228. The Balaban J connectivity index is 1.46. The molecule has 2 N–H and O–H groups in total. The van der Waals surface area contributed by atoms with Gasteiger partial charge in [0, 0.05) is 44.5 Å². The van der Waals surface area contributed by atoms with Crippen LogP contribution in [0.3, 0.4) is 0 Å². The van der Waals surface area contributed by atoms with E-state index in [0.29, 0.717) is 18.7 Å². The van der Waals surface area contributed by atoms with Gasteiger partial charge in [-0.2, -0.15) is 0 Å². The van der Waals surface area contributed by atoms with Crippen molar-refractivity contribution >= 4 is 23.3 Å². The smallest absolute Gasteiger partial charge is 0.322 e. The second kappa shape index (κ2) is 9.03. The van der Waals surface area contributed by atoms with Gasteiger partial charge in [0.15, 0.2) is 0 Å². The van der Waals surface area contributed by atoms with Gasteiger partial charge in [0.1, 0.15) is 11.9 Å². The van der Waals surface area contributed by atoms with Crippen LogP contribution in [0, 0.1) is 5.82 Å². The summed E-state index contributed by atoms with van der Waals surface area (Å²) in [5.74, 6) is -0.630. The van der Waals surface area contributed by atoms with Crippen molar-refractivity contribution in [3.8, 4) is 0 Å². The number of fused-ring (bicyclic) bond motifs is 1. The highest BCUT2D eigenvalue weighted by Gasteiger charge is 2.40. The Kier molecular flexibility index (Phi) is 6.20. The van der Waals surface area contributed by atoms with Gasteiger partial charge in [-0.15, -0.1) is 0 Å². The largest absolute Gasteiger partial charge is 0.380 e. The number of benzene rings is 2. The topological polar surface area (TPSA) is 73.9 Å². The molecule has 0 unspecified atom stereocenters. The van der Waals surface area contributed by atoms with Crippen LogP contribution >= 0.6 is 0 Å². The molecule has 0 spiro atoms. The van der Waals surface area contributed by atoms with E-state index >= 15 is 0 Å². The van der Waals surface area contributed by atoms with E-state index in [4.69, 9.17) is 4.74 Å². The molecule has 2 aromatic rings. The van der Waals surface area contributed by atoms with Gasteiger partial charge >= 0.3 is 6.03 Å². The first-order valence-corrected chi connectivity index (χ1v) is 10.4. The van der Waals surface area contributed by atoms with Gasteiger partial charge in [-0.25, -0.2) is 9.18 Å². The molecule has 0 radical (unpaired) electrons. The highest BCUT2D eigenvalue weighted by atomic mass is 19.1. The Morgan fingerprint density at radius 3 is 2.55 bits per heavy atom. The summed E-state index contributed by atoms with van der Waals surface area (Å²) in [6.07, 6.45) is 1.13. The number of nitrogens with one attached hydrogen (secondary N) is 2. The van der Waals surface area contributed by atoms with Crippen molar-refractivity contribution in [1.29, 1.82) is 0 Å². The minimum Gasteiger partial charge on any atom is -0.380 e. The second-order valence-corrected chi connectivity index (χ2v) is 8.16. The Labute approximate surface area is 181 Å². The van der Waals surface area contributed by atoms with Gasteiger partial charge in [-0.3, -0.25) is 4.79 Å². The van der Waals surface area contributed by atoms with E-state index in [1.165, 1.54) is 40.3 Å². The van der Waals surface area contributed by atoms with Crippen molar-refractivity contribution < 1.29 is 18.7 Å². The van der Waals surface area contributed by atoms with E-state index in [0.717, 1.165) is 25.2 Å². The van der Waals surface area contributed by atoms with Crippen LogP contribution in [0.4, 0.5) is 20.6 Å². The number of nitrogens with zero attached hydrogens (tertiary/aromatic N) is 2. The molecule has 1 saturated heterocycles. The van der Waals surface area contributed by atoms with E-state index in [1.807, 2.05) is 18.2 Å². The third kappa shape index (κ3) is 4.86. The zero-order valence-electron chi connectivity index (χ0n) is 17.7. The van der Waals surface area contributed by atoms with Crippen LogP contribution < -0.4 is 10.6 Å². The van der Waals surface area contributed by atoms with Gasteiger partial charge in [0.2, 0.25) is 5.91 Å². The van der Waals surface area contributed by atoms with Crippen molar-refractivity contribution in [3.05, 3.63) is 59.4 Å². The molecule has 2 aromatic carbocycles. The van der Waals surface area contributed by atoms with Gasteiger partial charge < -0.3 is 25.2 Å². The third-order valence-electron chi connectivity index (χ3n) is 5.93. The first-order valence-electron chi connectivity index (χ1n) is 10.4. The average Bonchev–Trinajstić information content (AvgIpc) is 3.20. The van der Waals surface area contributed by atoms with E-state index in [9.17, 15) is 14.0 Å². The van der Waals surface area contributed by atoms with E-state index in [2.05, 4.69) is 22.6 Å². The second-order valence-electron chi connectivity index (χ2n) is 8.16. The molecule has 0 aliphatic carbocycles. The molecule has 7 nitrogen and oxygen atoms in total. The SMILES string of the molecule is CO[C@@H]1C[C@H](C(=O)Nc2ccc3c(c2)CCN(C)C3)N(C(=O)Nc2ccc(F)cc2)C1. The first kappa shape index (κ1) is 21.3.